The molecule has 0 saturated heterocycles. The first-order valence-electron chi connectivity index (χ1n) is 8.05. The number of hydrogen-bond donors (Lipinski definition) is 2. The van der Waals surface area contributed by atoms with Crippen molar-refractivity contribution in [3.63, 3.8) is 0 Å². The van der Waals surface area contributed by atoms with Crippen LogP contribution < -0.4 is 5.32 Å². The van der Waals surface area contributed by atoms with Crippen LogP contribution in [0.15, 0.2) is 23.7 Å². The van der Waals surface area contributed by atoms with E-state index in [1.165, 1.54) is 10.4 Å². The summed E-state index contributed by atoms with van der Waals surface area (Å²) < 4.78 is 2.27. The molecule has 4 rings (SSSR count). The van der Waals surface area contributed by atoms with Gasteiger partial charge in [-0.15, -0.1) is 21.5 Å². The van der Waals surface area contributed by atoms with Crippen LogP contribution in [0.25, 0.3) is 10.6 Å². The Kier molecular flexibility index (Phi) is 3.97. The van der Waals surface area contributed by atoms with E-state index >= 15 is 0 Å². The van der Waals surface area contributed by atoms with Crippen LogP contribution in [0.3, 0.4) is 0 Å². The highest BCUT2D eigenvalue weighted by Gasteiger charge is 2.22. The van der Waals surface area contributed by atoms with E-state index in [4.69, 9.17) is 0 Å². The first-order chi connectivity index (χ1) is 11.3. The fourth-order valence-corrected chi connectivity index (χ4v) is 3.90. The highest BCUT2D eigenvalue weighted by atomic mass is 32.1. The van der Waals surface area contributed by atoms with Crippen LogP contribution >= 0.6 is 11.3 Å². The Bertz CT molecular complexity index is 759. The van der Waals surface area contributed by atoms with Gasteiger partial charge in [-0.3, -0.25) is 5.10 Å². The van der Waals surface area contributed by atoms with E-state index in [1.807, 2.05) is 6.20 Å². The predicted octanol–water partition coefficient (Wildman–Crippen LogP) is 2.40. The lowest BCUT2D eigenvalue weighted by Gasteiger charge is -2.25. The highest BCUT2D eigenvalue weighted by Crippen LogP contribution is 2.26. The topological polar surface area (TPSA) is 71.4 Å². The first-order valence-corrected chi connectivity index (χ1v) is 8.93. The van der Waals surface area contributed by atoms with E-state index < -0.39 is 0 Å². The molecule has 3 aromatic rings. The van der Waals surface area contributed by atoms with Gasteiger partial charge < -0.3 is 9.88 Å². The average Bonchev–Trinajstić information content (AvgIpc) is 3.31. The Labute approximate surface area is 139 Å². The van der Waals surface area contributed by atoms with Crippen LogP contribution in [0.5, 0.6) is 0 Å². The number of aromatic amines is 1. The summed E-state index contributed by atoms with van der Waals surface area (Å²) >= 11 is 1.73. The first kappa shape index (κ1) is 14.6. The quantitative estimate of drug-likeness (QED) is 0.754. The standard InChI is InChI=1S/C16H20N6S/c1-2-14-19-20-15-6-5-12(10-22(14)15)17-8-11-9-18-21-16(11)13-4-3-7-23-13/h3-4,7,9,12,17H,2,5-6,8,10H2,1H3,(H,18,21)/t12-/m0/s1. The summed E-state index contributed by atoms with van der Waals surface area (Å²) in [5.74, 6) is 2.22. The zero-order valence-corrected chi connectivity index (χ0v) is 13.9. The lowest BCUT2D eigenvalue weighted by molar-refractivity contribution is 0.373. The summed E-state index contributed by atoms with van der Waals surface area (Å²) in [5.41, 5.74) is 2.35. The van der Waals surface area contributed by atoms with Gasteiger partial charge >= 0.3 is 0 Å². The Morgan fingerprint density at radius 3 is 3.22 bits per heavy atom. The van der Waals surface area contributed by atoms with Gasteiger partial charge in [-0.05, 0) is 17.9 Å². The maximum atomic E-state index is 4.29. The minimum atomic E-state index is 0.454. The molecule has 2 N–H and O–H groups in total. The van der Waals surface area contributed by atoms with Gasteiger partial charge in [0, 0.05) is 37.5 Å². The summed E-state index contributed by atoms with van der Waals surface area (Å²) in [5, 5.41) is 21.7. The molecule has 0 bridgehead atoms. The zero-order chi connectivity index (χ0) is 15.6. The van der Waals surface area contributed by atoms with E-state index in [9.17, 15) is 0 Å². The summed E-state index contributed by atoms with van der Waals surface area (Å²) in [6.45, 7) is 3.91. The van der Waals surface area contributed by atoms with Gasteiger partial charge in [0.15, 0.2) is 0 Å². The van der Waals surface area contributed by atoms with Gasteiger partial charge in [0.2, 0.25) is 0 Å². The Balaban J connectivity index is 1.44. The number of nitrogens with one attached hydrogen (secondary N) is 2. The summed E-state index contributed by atoms with van der Waals surface area (Å²) in [6, 6.07) is 4.65. The molecule has 0 aromatic carbocycles. The molecule has 0 saturated carbocycles. The Morgan fingerprint density at radius 1 is 1.43 bits per heavy atom. The number of nitrogens with zero attached hydrogens (tertiary/aromatic N) is 4. The van der Waals surface area contributed by atoms with Crippen LogP contribution in [-0.4, -0.2) is 31.0 Å². The Morgan fingerprint density at radius 2 is 2.39 bits per heavy atom. The average molecular weight is 328 g/mol. The van der Waals surface area contributed by atoms with Crippen molar-refractivity contribution in [3.05, 3.63) is 40.9 Å². The molecule has 4 heterocycles. The number of fused-ring (bicyclic) bond motifs is 1. The maximum Gasteiger partial charge on any atom is 0.133 e. The number of aromatic nitrogens is 5. The van der Waals surface area contributed by atoms with Crippen LogP contribution in [0.4, 0.5) is 0 Å². The molecule has 1 aliphatic heterocycles. The van der Waals surface area contributed by atoms with E-state index in [2.05, 4.69) is 54.7 Å². The number of aryl methyl sites for hydroxylation is 2. The van der Waals surface area contributed by atoms with Gasteiger partial charge in [-0.2, -0.15) is 5.10 Å². The van der Waals surface area contributed by atoms with Crippen molar-refractivity contribution >= 4 is 11.3 Å². The molecule has 0 unspecified atom stereocenters. The number of rotatable bonds is 5. The van der Waals surface area contributed by atoms with Crippen molar-refractivity contribution in [1.82, 2.24) is 30.3 Å². The van der Waals surface area contributed by atoms with Gasteiger partial charge in [0.05, 0.1) is 16.8 Å². The maximum absolute atomic E-state index is 4.29. The van der Waals surface area contributed by atoms with Crippen LogP contribution in [0.2, 0.25) is 0 Å². The summed E-state index contributed by atoms with van der Waals surface area (Å²) in [4.78, 5) is 1.23. The van der Waals surface area contributed by atoms with E-state index in [0.717, 1.165) is 49.7 Å². The molecule has 23 heavy (non-hydrogen) atoms. The molecule has 0 radical (unpaired) electrons. The number of thiophene rings is 1. The third kappa shape index (κ3) is 2.82. The van der Waals surface area contributed by atoms with Crippen molar-refractivity contribution in [2.75, 3.05) is 0 Å². The minimum Gasteiger partial charge on any atom is -0.313 e. The molecule has 0 aliphatic carbocycles. The molecule has 1 atom stereocenters. The van der Waals surface area contributed by atoms with Crippen LogP contribution in [0, 0.1) is 0 Å². The van der Waals surface area contributed by atoms with E-state index in [1.54, 1.807) is 11.3 Å². The van der Waals surface area contributed by atoms with E-state index in [-0.39, 0.29) is 0 Å². The monoisotopic (exact) mass is 328 g/mol. The largest absolute Gasteiger partial charge is 0.313 e. The molecule has 0 amide bonds. The molecular weight excluding hydrogens is 308 g/mol. The molecule has 0 fully saturated rings. The molecule has 1 aliphatic rings. The van der Waals surface area contributed by atoms with Crippen molar-refractivity contribution in [3.8, 4) is 10.6 Å². The van der Waals surface area contributed by atoms with Crippen molar-refractivity contribution in [2.24, 2.45) is 0 Å². The number of hydrogen-bond acceptors (Lipinski definition) is 5. The van der Waals surface area contributed by atoms with Crippen molar-refractivity contribution in [1.29, 1.82) is 0 Å². The molecule has 7 heteroatoms. The van der Waals surface area contributed by atoms with Crippen LogP contribution in [-0.2, 0) is 25.9 Å². The zero-order valence-electron chi connectivity index (χ0n) is 13.1. The van der Waals surface area contributed by atoms with Gasteiger partial charge in [0.1, 0.15) is 11.6 Å². The second-order valence-electron chi connectivity index (χ2n) is 5.86. The molecule has 6 nitrogen and oxygen atoms in total. The molecule has 120 valence electrons. The number of H-pyrrole nitrogens is 1. The van der Waals surface area contributed by atoms with Crippen molar-refractivity contribution in [2.45, 2.75) is 45.3 Å². The molecular formula is C16H20N6S. The van der Waals surface area contributed by atoms with Crippen LogP contribution in [0.1, 0.15) is 30.6 Å². The van der Waals surface area contributed by atoms with Crippen molar-refractivity contribution < 1.29 is 0 Å². The SMILES string of the molecule is CCc1nnc2n1C[C@@H](NCc1cn[nH]c1-c1cccs1)CC2. The Hall–Kier alpha value is -1.99. The minimum absolute atomic E-state index is 0.454. The lowest BCUT2D eigenvalue weighted by Crippen LogP contribution is -2.37. The second-order valence-corrected chi connectivity index (χ2v) is 6.81. The van der Waals surface area contributed by atoms with E-state index in [0.29, 0.717) is 6.04 Å². The van der Waals surface area contributed by atoms with Gasteiger partial charge in [-0.1, -0.05) is 13.0 Å². The third-order valence-corrected chi connectivity index (χ3v) is 5.29. The molecule has 3 aromatic heterocycles. The third-order valence-electron chi connectivity index (χ3n) is 4.41. The normalized spacial score (nSPS) is 17.3. The second kappa shape index (κ2) is 6.25. The fourth-order valence-electron chi connectivity index (χ4n) is 3.14. The summed E-state index contributed by atoms with van der Waals surface area (Å²) in [7, 11) is 0. The summed E-state index contributed by atoms with van der Waals surface area (Å²) in [6.07, 6.45) is 4.96. The highest BCUT2D eigenvalue weighted by molar-refractivity contribution is 7.13. The smallest absolute Gasteiger partial charge is 0.133 e. The van der Waals surface area contributed by atoms with Gasteiger partial charge in [0.25, 0.3) is 0 Å². The molecule has 0 spiro atoms. The predicted molar refractivity (Wildman–Crippen MR) is 90.2 cm³/mol. The van der Waals surface area contributed by atoms with Gasteiger partial charge in [-0.25, -0.2) is 0 Å². The fraction of sp³-hybridized carbons (Fsp3) is 0.438. The lowest BCUT2D eigenvalue weighted by atomic mass is 10.1.